The Morgan fingerprint density at radius 2 is 1.71 bits per heavy atom. The van der Waals surface area contributed by atoms with Crippen LogP contribution in [0.25, 0.3) is 0 Å². The van der Waals surface area contributed by atoms with Gasteiger partial charge in [0.15, 0.2) is 0 Å². The first kappa shape index (κ1) is 19.9. The van der Waals surface area contributed by atoms with E-state index < -0.39 is 15.8 Å². The van der Waals surface area contributed by atoms with Crippen LogP contribution in [0.4, 0.5) is 15.8 Å². The number of rotatable bonds is 6. The van der Waals surface area contributed by atoms with Crippen molar-refractivity contribution in [1.29, 1.82) is 0 Å². The molecule has 0 spiro atoms. The van der Waals surface area contributed by atoms with Crippen molar-refractivity contribution in [1.82, 2.24) is 0 Å². The van der Waals surface area contributed by atoms with Crippen LogP contribution in [-0.2, 0) is 21.2 Å². The van der Waals surface area contributed by atoms with E-state index in [1.165, 1.54) is 36.4 Å². The summed E-state index contributed by atoms with van der Waals surface area (Å²) in [5, 5.41) is 2.89. The number of carbonyl (C=O) groups is 1. The molecule has 0 aliphatic heterocycles. The largest absolute Gasteiger partial charge is 0.326 e. The number of para-hydroxylation sites is 1. The van der Waals surface area contributed by atoms with Gasteiger partial charge in [0.2, 0.25) is 5.91 Å². The minimum absolute atomic E-state index is 0.0315. The molecule has 0 bridgehead atoms. The van der Waals surface area contributed by atoms with Crippen LogP contribution in [0, 0.1) is 5.82 Å². The van der Waals surface area contributed by atoms with Gasteiger partial charge in [0.25, 0.3) is 10.0 Å². The number of benzene rings is 3. The van der Waals surface area contributed by atoms with E-state index >= 15 is 0 Å². The van der Waals surface area contributed by atoms with Crippen molar-refractivity contribution < 1.29 is 17.6 Å². The molecule has 1 amide bonds. The second-order valence-corrected chi connectivity index (χ2v) is 8.06. The summed E-state index contributed by atoms with van der Waals surface area (Å²) in [6, 6.07) is 18.0. The van der Waals surface area contributed by atoms with Gasteiger partial charge in [-0.15, -0.1) is 0 Å². The molecule has 3 aromatic rings. The predicted octanol–water partition coefficient (Wildman–Crippen LogP) is 4.46. The van der Waals surface area contributed by atoms with Crippen LogP contribution in [-0.4, -0.2) is 14.3 Å². The Morgan fingerprint density at radius 3 is 2.46 bits per heavy atom. The maximum absolute atomic E-state index is 13.2. The SMILES string of the molecule is O=C(Cc1cccc(F)c1)Nc1cccc(S(=O)(=O)Nc2ccccc2Cl)c1. The fourth-order valence-corrected chi connectivity index (χ4v) is 3.89. The van der Waals surface area contributed by atoms with Crippen LogP contribution in [0.5, 0.6) is 0 Å². The Bertz CT molecular complexity index is 1120. The summed E-state index contributed by atoms with van der Waals surface area (Å²) >= 11 is 6.00. The number of sulfonamides is 1. The van der Waals surface area contributed by atoms with Crippen molar-refractivity contribution in [2.45, 2.75) is 11.3 Å². The van der Waals surface area contributed by atoms with E-state index in [4.69, 9.17) is 11.6 Å². The molecule has 0 radical (unpaired) electrons. The standard InChI is InChI=1S/C20H16ClFN2O3S/c21-18-9-1-2-10-19(18)24-28(26,27)17-8-4-7-16(13-17)23-20(25)12-14-5-3-6-15(22)11-14/h1-11,13,24H,12H2,(H,23,25). The Balaban J connectivity index is 1.74. The molecule has 0 atom stereocenters. The van der Waals surface area contributed by atoms with E-state index in [1.54, 1.807) is 36.4 Å². The average Bonchev–Trinajstić information content (AvgIpc) is 2.63. The smallest absolute Gasteiger partial charge is 0.262 e. The van der Waals surface area contributed by atoms with Gasteiger partial charge >= 0.3 is 0 Å². The fraction of sp³-hybridized carbons (Fsp3) is 0.0500. The van der Waals surface area contributed by atoms with Crippen LogP contribution in [0.1, 0.15) is 5.56 Å². The number of halogens is 2. The zero-order valence-electron chi connectivity index (χ0n) is 14.5. The van der Waals surface area contributed by atoms with Crippen molar-refractivity contribution in [3.05, 3.63) is 89.2 Å². The fourth-order valence-electron chi connectivity index (χ4n) is 2.53. The lowest BCUT2D eigenvalue weighted by molar-refractivity contribution is -0.115. The summed E-state index contributed by atoms with van der Waals surface area (Å²) < 4.78 is 40.8. The Labute approximate surface area is 167 Å². The first-order chi connectivity index (χ1) is 13.3. The Morgan fingerprint density at radius 1 is 0.964 bits per heavy atom. The van der Waals surface area contributed by atoms with Crippen LogP contribution in [0.2, 0.25) is 5.02 Å². The summed E-state index contributed by atoms with van der Waals surface area (Å²) in [7, 11) is -3.89. The summed E-state index contributed by atoms with van der Waals surface area (Å²) in [5.74, 6) is -0.816. The number of hydrogen-bond acceptors (Lipinski definition) is 3. The molecule has 28 heavy (non-hydrogen) atoms. The lowest BCUT2D eigenvalue weighted by atomic mass is 10.1. The lowest BCUT2D eigenvalue weighted by Crippen LogP contribution is -2.16. The number of hydrogen-bond donors (Lipinski definition) is 2. The monoisotopic (exact) mass is 418 g/mol. The number of anilines is 2. The Hall–Kier alpha value is -2.90. The van der Waals surface area contributed by atoms with E-state index in [-0.39, 0.29) is 27.9 Å². The summed E-state index contributed by atoms with van der Waals surface area (Å²) in [5.41, 5.74) is 1.08. The van der Waals surface area contributed by atoms with Crippen LogP contribution in [0.3, 0.4) is 0 Å². The van der Waals surface area contributed by atoms with Crippen LogP contribution < -0.4 is 10.0 Å². The third kappa shape index (κ3) is 5.09. The summed E-state index contributed by atoms with van der Waals surface area (Å²) in [4.78, 5) is 12.1. The van der Waals surface area contributed by atoms with Gasteiger partial charge in [-0.2, -0.15) is 0 Å². The van der Waals surface area contributed by atoms with E-state index in [2.05, 4.69) is 10.0 Å². The third-order valence-electron chi connectivity index (χ3n) is 3.80. The summed E-state index contributed by atoms with van der Waals surface area (Å²) in [6.45, 7) is 0. The highest BCUT2D eigenvalue weighted by Crippen LogP contribution is 2.25. The molecule has 2 N–H and O–H groups in total. The molecule has 8 heteroatoms. The molecule has 0 aliphatic rings. The molecule has 144 valence electrons. The van der Waals surface area contributed by atoms with E-state index in [0.717, 1.165) is 0 Å². The van der Waals surface area contributed by atoms with Crippen molar-refractivity contribution in [3.8, 4) is 0 Å². The van der Waals surface area contributed by atoms with Crippen LogP contribution in [0.15, 0.2) is 77.7 Å². The zero-order valence-corrected chi connectivity index (χ0v) is 16.1. The van der Waals surface area contributed by atoms with Gasteiger partial charge in [-0.3, -0.25) is 9.52 Å². The first-order valence-electron chi connectivity index (χ1n) is 8.25. The molecule has 0 saturated carbocycles. The molecule has 0 fully saturated rings. The molecule has 0 heterocycles. The van der Waals surface area contributed by atoms with Gasteiger partial charge in [-0.25, -0.2) is 12.8 Å². The van der Waals surface area contributed by atoms with Gasteiger partial charge in [-0.05, 0) is 48.0 Å². The number of nitrogens with one attached hydrogen (secondary N) is 2. The molecular weight excluding hydrogens is 403 g/mol. The summed E-state index contributed by atoms with van der Waals surface area (Å²) in [6.07, 6.45) is -0.0351. The highest BCUT2D eigenvalue weighted by Gasteiger charge is 2.16. The molecule has 0 unspecified atom stereocenters. The molecule has 5 nitrogen and oxygen atoms in total. The van der Waals surface area contributed by atoms with Gasteiger partial charge in [0, 0.05) is 5.69 Å². The average molecular weight is 419 g/mol. The van der Waals surface area contributed by atoms with Gasteiger partial charge < -0.3 is 5.32 Å². The van der Waals surface area contributed by atoms with Crippen molar-refractivity contribution in [2.75, 3.05) is 10.0 Å². The highest BCUT2D eigenvalue weighted by molar-refractivity contribution is 7.92. The second-order valence-electron chi connectivity index (χ2n) is 5.97. The van der Waals surface area contributed by atoms with Crippen molar-refractivity contribution >= 4 is 38.9 Å². The molecule has 0 saturated heterocycles. The molecule has 3 rings (SSSR count). The topological polar surface area (TPSA) is 75.3 Å². The van der Waals surface area contributed by atoms with Crippen molar-refractivity contribution in [3.63, 3.8) is 0 Å². The first-order valence-corrected chi connectivity index (χ1v) is 10.1. The quantitative estimate of drug-likeness (QED) is 0.620. The van der Waals surface area contributed by atoms with Crippen molar-refractivity contribution in [2.24, 2.45) is 0 Å². The maximum atomic E-state index is 13.2. The van der Waals surface area contributed by atoms with E-state index in [1.807, 2.05) is 0 Å². The minimum Gasteiger partial charge on any atom is -0.326 e. The van der Waals surface area contributed by atoms with E-state index in [9.17, 15) is 17.6 Å². The van der Waals surface area contributed by atoms with Gasteiger partial charge in [0.05, 0.1) is 22.0 Å². The maximum Gasteiger partial charge on any atom is 0.262 e. The molecule has 0 aromatic heterocycles. The van der Waals surface area contributed by atoms with Gasteiger partial charge in [0.1, 0.15) is 5.82 Å². The minimum atomic E-state index is -3.89. The second kappa shape index (κ2) is 8.41. The van der Waals surface area contributed by atoms with Crippen LogP contribution >= 0.6 is 11.6 Å². The lowest BCUT2D eigenvalue weighted by Gasteiger charge is -2.11. The molecular formula is C20H16ClFN2O3S. The third-order valence-corrected chi connectivity index (χ3v) is 5.49. The van der Waals surface area contributed by atoms with Gasteiger partial charge in [-0.1, -0.05) is 41.9 Å². The zero-order chi connectivity index (χ0) is 20.1. The molecule has 0 aliphatic carbocycles. The Kier molecular flexibility index (Phi) is 5.96. The number of amides is 1. The number of carbonyl (C=O) groups excluding carboxylic acids is 1. The predicted molar refractivity (Wildman–Crippen MR) is 107 cm³/mol. The normalized spacial score (nSPS) is 11.1. The highest BCUT2D eigenvalue weighted by atomic mass is 35.5. The van der Waals surface area contributed by atoms with E-state index in [0.29, 0.717) is 11.3 Å². The molecule has 3 aromatic carbocycles.